The fourth-order valence-corrected chi connectivity index (χ4v) is 2.44. The first-order chi connectivity index (χ1) is 6.34. The molecule has 14 heavy (non-hydrogen) atoms. The van der Waals surface area contributed by atoms with Gasteiger partial charge in [-0.3, -0.25) is 4.90 Å². The van der Waals surface area contributed by atoms with Crippen molar-refractivity contribution in [2.75, 3.05) is 13.1 Å². The average molecular weight is 197 g/mol. The van der Waals surface area contributed by atoms with Crippen LogP contribution in [-0.4, -0.2) is 24.0 Å². The maximum atomic E-state index is 2.58. The van der Waals surface area contributed by atoms with Crippen LogP contribution in [0.25, 0.3) is 0 Å². The first-order valence-electron chi connectivity index (χ1n) is 6.08. The van der Waals surface area contributed by atoms with Crippen LogP contribution in [-0.2, 0) is 0 Å². The van der Waals surface area contributed by atoms with E-state index >= 15 is 0 Å². The molecule has 0 radical (unpaired) electrons. The fraction of sp³-hybridized carbons (Fsp3) is 1.00. The zero-order valence-electron chi connectivity index (χ0n) is 10.8. The second-order valence-electron chi connectivity index (χ2n) is 6.23. The van der Waals surface area contributed by atoms with Crippen LogP contribution in [0.1, 0.15) is 48.0 Å². The van der Waals surface area contributed by atoms with E-state index in [1.807, 2.05) is 0 Å². The topological polar surface area (TPSA) is 3.24 Å². The summed E-state index contributed by atoms with van der Waals surface area (Å²) in [6.45, 7) is 16.7. The van der Waals surface area contributed by atoms with Crippen molar-refractivity contribution < 1.29 is 0 Å². The van der Waals surface area contributed by atoms with Gasteiger partial charge in [-0.15, -0.1) is 0 Å². The molecule has 0 bridgehead atoms. The molecule has 0 unspecified atom stereocenters. The minimum absolute atomic E-state index is 0.605. The Hall–Kier alpha value is -0.0400. The number of nitrogens with zero attached hydrogens (tertiary/aromatic N) is 1. The molecule has 1 rings (SSSR count). The van der Waals surface area contributed by atoms with Gasteiger partial charge in [-0.05, 0) is 37.5 Å². The van der Waals surface area contributed by atoms with Gasteiger partial charge in [0.15, 0.2) is 0 Å². The minimum Gasteiger partial charge on any atom is -0.300 e. The normalized spacial score (nSPS) is 24.0. The predicted molar refractivity (Wildman–Crippen MR) is 63.4 cm³/mol. The molecular weight excluding hydrogens is 170 g/mol. The van der Waals surface area contributed by atoms with Gasteiger partial charge in [0.1, 0.15) is 0 Å². The smallest absolute Gasteiger partial charge is 0.00506 e. The third-order valence-corrected chi connectivity index (χ3v) is 3.85. The Labute approximate surface area is 89.9 Å². The van der Waals surface area contributed by atoms with E-state index in [4.69, 9.17) is 0 Å². The van der Waals surface area contributed by atoms with E-state index in [-0.39, 0.29) is 0 Å². The van der Waals surface area contributed by atoms with Crippen molar-refractivity contribution in [2.45, 2.75) is 54.0 Å². The molecule has 1 aliphatic rings. The average Bonchev–Trinajstić information content (AvgIpc) is 1.99. The lowest BCUT2D eigenvalue weighted by molar-refractivity contribution is -0.0271. The van der Waals surface area contributed by atoms with Crippen LogP contribution in [0.4, 0.5) is 0 Å². The molecule has 1 aliphatic heterocycles. The lowest BCUT2D eigenvalue weighted by Crippen LogP contribution is -2.57. The standard InChI is InChI=1S/C13H27N/c1-10(2)12(5)7-13(6)8-14(9-13)11(3)4/h10-12H,7-9H2,1-6H3/t12-/m1/s1. The molecule has 1 heteroatoms. The van der Waals surface area contributed by atoms with E-state index in [1.54, 1.807) is 0 Å². The maximum Gasteiger partial charge on any atom is 0.00506 e. The summed E-state index contributed by atoms with van der Waals surface area (Å²) in [4.78, 5) is 2.58. The van der Waals surface area contributed by atoms with E-state index in [0.29, 0.717) is 5.41 Å². The van der Waals surface area contributed by atoms with Crippen molar-refractivity contribution in [3.63, 3.8) is 0 Å². The summed E-state index contributed by atoms with van der Waals surface area (Å²) in [6, 6.07) is 0.734. The Morgan fingerprint density at radius 2 is 1.57 bits per heavy atom. The summed E-state index contributed by atoms with van der Waals surface area (Å²) in [5, 5.41) is 0. The Balaban J connectivity index is 2.34. The number of likely N-dealkylation sites (tertiary alicyclic amines) is 1. The van der Waals surface area contributed by atoms with Crippen molar-refractivity contribution in [1.82, 2.24) is 4.90 Å². The largest absolute Gasteiger partial charge is 0.300 e. The molecule has 84 valence electrons. The third kappa shape index (κ3) is 2.73. The van der Waals surface area contributed by atoms with Crippen molar-refractivity contribution in [2.24, 2.45) is 17.3 Å². The highest BCUT2D eigenvalue weighted by Crippen LogP contribution is 2.38. The highest BCUT2D eigenvalue weighted by molar-refractivity contribution is 4.93. The van der Waals surface area contributed by atoms with Gasteiger partial charge in [0, 0.05) is 19.1 Å². The second-order valence-corrected chi connectivity index (χ2v) is 6.23. The van der Waals surface area contributed by atoms with Crippen molar-refractivity contribution >= 4 is 0 Å². The van der Waals surface area contributed by atoms with E-state index < -0.39 is 0 Å². The Kier molecular flexibility index (Phi) is 3.63. The maximum absolute atomic E-state index is 2.58. The SMILES string of the molecule is CC(C)[C@H](C)CC1(C)CN(C(C)C)C1. The first-order valence-corrected chi connectivity index (χ1v) is 6.08. The Morgan fingerprint density at radius 3 is 1.93 bits per heavy atom. The lowest BCUT2D eigenvalue weighted by Gasteiger charge is -2.51. The van der Waals surface area contributed by atoms with E-state index in [0.717, 1.165) is 17.9 Å². The molecule has 0 aromatic rings. The predicted octanol–water partition coefficient (Wildman–Crippen LogP) is 3.40. The first kappa shape index (κ1) is 12.0. The molecule has 0 aliphatic carbocycles. The van der Waals surface area contributed by atoms with Crippen LogP contribution in [0.5, 0.6) is 0 Å². The summed E-state index contributed by atoms with van der Waals surface area (Å²) < 4.78 is 0. The third-order valence-electron chi connectivity index (χ3n) is 3.85. The molecule has 0 N–H and O–H groups in total. The van der Waals surface area contributed by atoms with Gasteiger partial charge in [-0.1, -0.05) is 27.7 Å². The number of rotatable bonds is 4. The zero-order valence-corrected chi connectivity index (χ0v) is 10.8. The summed E-state index contributed by atoms with van der Waals surface area (Å²) >= 11 is 0. The summed E-state index contributed by atoms with van der Waals surface area (Å²) in [7, 11) is 0. The van der Waals surface area contributed by atoms with Crippen molar-refractivity contribution in [3.8, 4) is 0 Å². The Bertz CT molecular complexity index is 178. The quantitative estimate of drug-likeness (QED) is 0.667. The van der Waals surface area contributed by atoms with Crippen molar-refractivity contribution in [3.05, 3.63) is 0 Å². The highest BCUT2D eigenvalue weighted by Gasteiger charge is 2.40. The van der Waals surface area contributed by atoms with Gasteiger partial charge in [0.05, 0.1) is 0 Å². The fourth-order valence-electron chi connectivity index (χ4n) is 2.44. The van der Waals surface area contributed by atoms with E-state index in [1.165, 1.54) is 19.5 Å². The highest BCUT2D eigenvalue weighted by atomic mass is 15.2. The molecule has 1 fully saturated rings. The van der Waals surface area contributed by atoms with Crippen LogP contribution in [0.2, 0.25) is 0 Å². The molecule has 0 amide bonds. The van der Waals surface area contributed by atoms with E-state index in [9.17, 15) is 0 Å². The van der Waals surface area contributed by atoms with Crippen LogP contribution >= 0.6 is 0 Å². The molecule has 1 heterocycles. The van der Waals surface area contributed by atoms with Gasteiger partial charge in [0.2, 0.25) is 0 Å². The van der Waals surface area contributed by atoms with Gasteiger partial charge < -0.3 is 0 Å². The molecule has 0 spiro atoms. The lowest BCUT2D eigenvalue weighted by atomic mass is 9.72. The molecule has 0 aromatic heterocycles. The Morgan fingerprint density at radius 1 is 1.07 bits per heavy atom. The molecule has 1 saturated heterocycles. The summed E-state index contributed by atoms with van der Waals surface area (Å²) in [5.74, 6) is 1.70. The minimum atomic E-state index is 0.605. The molecule has 0 saturated carbocycles. The van der Waals surface area contributed by atoms with Crippen molar-refractivity contribution in [1.29, 1.82) is 0 Å². The molecule has 1 atom stereocenters. The van der Waals surface area contributed by atoms with Gasteiger partial charge in [-0.25, -0.2) is 0 Å². The molecular formula is C13H27N. The van der Waals surface area contributed by atoms with Gasteiger partial charge >= 0.3 is 0 Å². The number of hydrogen-bond acceptors (Lipinski definition) is 1. The summed E-state index contributed by atoms with van der Waals surface area (Å²) in [5.41, 5.74) is 0.605. The van der Waals surface area contributed by atoms with Gasteiger partial charge in [0.25, 0.3) is 0 Å². The summed E-state index contributed by atoms with van der Waals surface area (Å²) in [6.07, 6.45) is 1.40. The van der Waals surface area contributed by atoms with Crippen LogP contribution in [0.15, 0.2) is 0 Å². The van der Waals surface area contributed by atoms with Gasteiger partial charge in [-0.2, -0.15) is 0 Å². The molecule has 0 aromatic carbocycles. The second kappa shape index (κ2) is 4.22. The van der Waals surface area contributed by atoms with Crippen LogP contribution in [0, 0.1) is 17.3 Å². The monoisotopic (exact) mass is 197 g/mol. The van der Waals surface area contributed by atoms with Crippen LogP contribution < -0.4 is 0 Å². The zero-order chi connectivity index (χ0) is 10.9. The van der Waals surface area contributed by atoms with Crippen LogP contribution in [0.3, 0.4) is 0 Å². The molecule has 1 nitrogen and oxygen atoms in total. The van der Waals surface area contributed by atoms with E-state index in [2.05, 4.69) is 46.4 Å². The number of hydrogen-bond donors (Lipinski definition) is 0.